The second-order valence-electron chi connectivity index (χ2n) is 3.59. The molecule has 0 radical (unpaired) electrons. The molecule has 1 nitrogen and oxygen atoms in total. The number of nitrogens with zero attached hydrogens (tertiary/aromatic N) is 1. The Morgan fingerprint density at radius 2 is 2.07 bits per heavy atom. The van der Waals surface area contributed by atoms with Crippen molar-refractivity contribution in [3.63, 3.8) is 0 Å². The monoisotopic (exact) mass is 183 g/mol. The highest BCUT2D eigenvalue weighted by Gasteiger charge is 2.18. The van der Waals surface area contributed by atoms with Gasteiger partial charge in [0, 0.05) is 6.21 Å². The second kappa shape index (κ2) is 4.11. The predicted octanol–water partition coefficient (Wildman–Crippen LogP) is 2.64. The highest BCUT2D eigenvalue weighted by molar-refractivity contribution is 5.61. The molecule has 2 atom stereocenters. The lowest BCUT2D eigenvalue weighted by Gasteiger charge is -2.21. The zero-order chi connectivity index (χ0) is 9.80. The first kappa shape index (κ1) is 9.02. The van der Waals surface area contributed by atoms with Crippen molar-refractivity contribution in [1.29, 1.82) is 0 Å². The van der Waals surface area contributed by atoms with Gasteiger partial charge in [0.1, 0.15) is 6.04 Å². The zero-order valence-electron chi connectivity index (χ0n) is 8.06. The van der Waals surface area contributed by atoms with E-state index in [-0.39, 0.29) is 6.04 Å². The zero-order valence-corrected chi connectivity index (χ0v) is 8.06. The molecule has 0 aromatic heterocycles. The molecule has 70 valence electrons. The second-order valence-corrected chi connectivity index (χ2v) is 3.59. The van der Waals surface area contributed by atoms with Crippen molar-refractivity contribution in [2.75, 3.05) is 0 Å². The smallest absolute Gasteiger partial charge is 0.110 e. The van der Waals surface area contributed by atoms with Gasteiger partial charge in [-0.1, -0.05) is 36.3 Å². The molecule has 0 aliphatic carbocycles. The maximum atomic E-state index is 5.38. The van der Waals surface area contributed by atoms with E-state index in [1.54, 1.807) is 0 Å². The lowest BCUT2D eigenvalue weighted by Crippen LogP contribution is -2.14. The largest absolute Gasteiger partial charge is 0.281 e. The van der Waals surface area contributed by atoms with E-state index in [9.17, 15) is 0 Å². The van der Waals surface area contributed by atoms with Gasteiger partial charge in [-0.05, 0) is 24.3 Å². The van der Waals surface area contributed by atoms with Crippen LogP contribution in [0, 0.1) is 12.3 Å². The minimum absolute atomic E-state index is 0.0777. The molecular weight excluding hydrogens is 170 g/mol. The Balaban J connectivity index is 2.15. The van der Waals surface area contributed by atoms with Crippen LogP contribution >= 0.6 is 0 Å². The quantitative estimate of drug-likeness (QED) is 0.593. The Labute approximate surface area is 84.9 Å². The molecule has 2 rings (SSSR count). The Morgan fingerprint density at radius 1 is 1.29 bits per heavy atom. The predicted molar refractivity (Wildman–Crippen MR) is 59.5 cm³/mol. The van der Waals surface area contributed by atoms with E-state index in [0.717, 1.165) is 12.8 Å². The van der Waals surface area contributed by atoms with E-state index in [2.05, 4.69) is 35.2 Å². The van der Waals surface area contributed by atoms with E-state index in [1.165, 1.54) is 5.56 Å². The maximum Gasteiger partial charge on any atom is 0.110 e. The molecule has 0 amide bonds. The Hall–Kier alpha value is -1.55. The first-order valence-electron chi connectivity index (χ1n) is 4.93. The van der Waals surface area contributed by atoms with Gasteiger partial charge in [0.15, 0.2) is 0 Å². The molecule has 2 unspecified atom stereocenters. The fourth-order valence-electron chi connectivity index (χ4n) is 1.85. The van der Waals surface area contributed by atoms with Gasteiger partial charge in [-0.25, -0.2) is 0 Å². The Morgan fingerprint density at radius 3 is 2.79 bits per heavy atom. The summed E-state index contributed by atoms with van der Waals surface area (Å²) in [5, 5.41) is 0. The summed E-state index contributed by atoms with van der Waals surface area (Å²) < 4.78 is 0. The molecule has 1 aliphatic heterocycles. The van der Waals surface area contributed by atoms with Crippen LogP contribution in [0.3, 0.4) is 0 Å². The highest BCUT2D eigenvalue weighted by Crippen LogP contribution is 2.27. The summed E-state index contributed by atoms with van der Waals surface area (Å²) in [6.45, 7) is 0. The number of benzene rings is 1. The van der Waals surface area contributed by atoms with Gasteiger partial charge in [0.25, 0.3) is 0 Å². The molecule has 1 aromatic carbocycles. The molecule has 1 heterocycles. The van der Waals surface area contributed by atoms with Crippen LogP contribution in [0.5, 0.6) is 0 Å². The third-order valence-corrected chi connectivity index (χ3v) is 2.65. The summed E-state index contributed by atoms with van der Waals surface area (Å²) in [7, 11) is 0. The van der Waals surface area contributed by atoms with Gasteiger partial charge < -0.3 is 0 Å². The lowest BCUT2D eigenvalue weighted by molar-refractivity contribution is 0.587. The van der Waals surface area contributed by atoms with Crippen LogP contribution in [0.15, 0.2) is 35.3 Å². The summed E-state index contributed by atoms with van der Waals surface area (Å²) in [6.07, 6.45) is 9.34. The summed E-state index contributed by atoms with van der Waals surface area (Å²) in [5.74, 6) is 3.26. The Kier molecular flexibility index (Phi) is 2.65. The van der Waals surface area contributed by atoms with Crippen molar-refractivity contribution in [3.8, 4) is 12.3 Å². The Bertz CT molecular complexity index is 359. The molecule has 1 heteroatoms. The van der Waals surface area contributed by atoms with Crippen molar-refractivity contribution in [3.05, 3.63) is 35.9 Å². The number of hydrogen-bond acceptors (Lipinski definition) is 1. The molecule has 0 bridgehead atoms. The molecule has 0 saturated carbocycles. The first-order valence-corrected chi connectivity index (χ1v) is 4.93. The average molecular weight is 183 g/mol. The van der Waals surface area contributed by atoms with Crippen molar-refractivity contribution in [2.24, 2.45) is 4.99 Å². The van der Waals surface area contributed by atoms with Gasteiger partial charge in [-0.2, -0.15) is 0 Å². The van der Waals surface area contributed by atoms with E-state index < -0.39 is 0 Å². The summed E-state index contributed by atoms with van der Waals surface area (Å²) in [4.78, 5) is 4.26. The number of aliphatic imine (C=N–C) groups is 1. The minimum atomic E-state index is 0.0777. The van der Waals surface area contributed by atoms with Crippen molar-refractivity contribution in [1.82, 2.24) is 0 Å². The first-order chi connectivity index (χ1) is 6.90. The molecule has 0 N–H and O–H groups in total. The molecular formula is C13H13N. The van der Waals surface area contributed by atoms with Crippen LogP contribution in [-0.4, -0.2) is 12.3 Å². The molecule has 0 fully saturated rings. The number of terminal acetylenes is 1. The topological polar surface area (TPSA) is 12.4 Å². The molecule has 1 aliphatic rings. The van der Waals surface area contributed by atoms with Crippen LogP contribution in [-0.2, 0) is 0 Å². The van der Waals surface area contributed by atoms with Crippen molar-refractivity contribution in [2.45, 2.75) is 24.8 Å². The van der Waals surface area contributed by atoms with E-state index in [4.69, 9.17) is 6.42 Å². The number of rotatable bonds is 1. The van der Waals surface area contributed by atoms with Gasteiger partial charge in [0.05, 0.1) is 0 Å². The normalized spacial score (nSPS) is 25.6. The fourth-order valence-corrected chi connectivity index (χ4v) is 1.85. The molecule has 0 saturated heterocycles. The minimum Gasteiger partial charge on any atom is -0.281 e. The standard InChI is InChI=1S/C13H13N/c1-2-13-10-12(8-9-14-13)11-6-4-3-5-7-11/h1,3-7,9,12-13H,8,10H2. The highest BCUT2D eigenvalue weighted by atomic mass is 14.8. The number of hydrogen-bond donors (Lipinski definition) is 0. The van der Waals surface area contributed by atoms with Crippen LogP contribution in [0.25, 0.3) is 0 Å². The van der Waals surface area contributed by atoms with Crippen LogP contribution in [0.4, 0.5) is 0 Å². The van der Waals surface area contributed by atoms with Gasteiger partial charge in [-0.15, -0.1) is 6.42 Å². The van der Waals surface area contributed by atoms with Crippen LogP contribution in [0.1, 0.15) is 24.3 Å². The van der Waals surface area contributed by atoms with Crippen LogP contribution < -0.4 is 0 Å². The van der Waals surface area contributed by atoms with Gasteiger partial charge >= 0.3 is 0 Å². The summed E-state index contributed by atoms with van der Waals surface area (Å²) in [6, 6.07) is 10.6. The van der Waals surface area contributed by atoms with Crippen molar-refractivity contribution >= 4 is 6.21 Å². The van der Waals surface area contributed by atoms with E-state index >= 15 is 0 Å². The summed E-state index contributed by atoms with van der Waals surface area (Å²) >= 11 is 0. The van der Waals surface area contributed by atoms with Gasteiger partial charge in [0.2, 0.25) is 0 Å². The maximum absolute atomic E-state index is 5.38. The van der Waals surface area contributed by atoms with E-state index in [1.807, 2.05) is 12.3 Å². The average Bonchev–Trinajstić information content (AvgIpc) is 2.30. The molecule has 0 spiro atoms. The lowest BCUT2D eigenvalue weighted by atomic mass is 9.88. The SMILES string of the molecule is C#CC1CC(c2ccccc2)CC=N1. The van der Waals surface area contributed by atoms with Crippen LogP contribution in [0.2, 0.25) is 0 Å². The summed E-state index contributed by atoms with van der Waals surface area (Å²) in [5.41, 5.74) is 1.37. The molecule has 1 aromatic rings. The third-order valence-electron chi connectivity index (χ3n) is 2.65. The third kappa shape index (κ3) is 1.85. The molecule has 14 heavy (non-hydrogen) atoms. The van der Waals surface area contributed by atoms with Crippen molar-refractivity contribution < 1.29 is 0 Å². The van der Waals surface area contributed by atoms with E-state index in [0.29, 0.717) is 5.92 Å². The fraction of sp³-hybridized carbons (Fsp3) is 0.308. The van der Waals surface area contributed by atoms with Gasteiger partial charge in [-0.3, -0.25) is 4.99 Å².